The SMILES string of the molecule is CNc1ccccc1-c1cccc2ccccc12. The van der Waals surface area contributed by atoms with E-state index in [1.807, 2.05) is 7.05 Å². The van der Waals surface area contributed by atoms with Crippen LogP contribution in [0.4, 0.5) is 5.69 Å². The summed E-state index contributed by atoms with van der Waals surface area (Å²) in [5.41, 5.74) is 3.68. The molecule has 1 heteroatoms. The van der Waals surface area contributed by atoms with Gasteiger partial charge in [-0.15, -0.1) is 0 Å². The van der Waals surface area contributed by atoms with Crippen LogP contribution in [0.25, 0.3) is 21.9 Å². The third-order valence-corrected chi connectivity index (χ3v) is 3.28. The van der Waals surface area contributed by atoms with Gasteiger partial charge in [-0.1, -0.05) is 60.7 Å². The summed E-state index contributed by atoms with van der Waals surface area (Å²) in [6.07, 6.45) is 0. The Hall–Kier alpha value is -2.28. The number of hydrogen-bond donors (Lipinski definition) is 1. The van der Waals surface area contributed by atoms with Crippen LogP contribution in [0.15, 0.2) is 66.7 Å². The normalized spacial score (nSPS) is 10.5. The Kier molecular flexibility index (Phi) is 2.73. The van der Waals surface area contributed by atoms with Crippen LogP contribution in [0, 0.1) is 0 Å². The van der Waals surface area contributed by atoms with Crippen LogP contribution in [0.2, 0.25) is 0 Å². The lowest BCUT2D eigenvalue weighted by Crippen LogP contribution is -1.91. The molecule has 18 heavy (non-hydrogen) atoms. The lowest BCUT2D eigenvalue weighted by atomic mass is 9.97. The van der Waals surface area contributed by atoms with Gasteiger partial charge in [0.05, 0.1) is 0 Å². The Morgan fingerprint density at radius 2 is 1.33 bits per heavy atom. The summed E-state index contributed by atoms with van der Waals surface area (Å²) in [7, 11) is 1.96. The molecule has 0 aliphatic carbocycles. The number of fused-ring (bicyclic) bond motifs is 1. The molecule has 0 amide bonds. The largest absolute Gasteiger partial charge is 0.388 e. The van der Waals surface area contributed by atoms with Crippen LogP contribution in [0.3, 0.4) is 0 Å². The van der Waals surface area contributed by atoms with Gasteiger partial charge in [0, 0.05) is 18.3 Å². The molecule has 3 rings (SSSR count). The van der Waals surface area contributed by atoms with Crippen molar-refractivity contribution >= 4 is 16.5 Å². The summed E-state index contributed by atoms with van der Waals surface area (Å²) in [6.45, 7) is 0. The van der Waals surface area contributed by atoms with E-state index in [0.717, 1.165) is 5.69 Å². The van der Waals surface area contributed by atoms with E-state index in [2.05, 4.69) is 72.0 Å². The van der Waals surface area contributed by atoms with Gasteiger partial charge >= 0.3 is 0 Å². The molecule has 3 aromatic carbocycles. The van der Waals surface area contributed by atoms with Crippen molar-refractivity contribution < 1.29 is 0 Å². The first-order valence-electron chi connectivity index (χ1n) is 6.15. The van der Waals surface area contributed by atoms with Crippen molar-refractivity contribution in [2.75, 3.05) is 12.4 Å². The number of benzene rings is 3. The molecule has 0 fully saturated rings. The smallest absolute Gasteiger partial charge is 0.0417 e. The highest BCUT2D eigenvalue weighted by molar-refractivity contribution is 5.99. The van der Waals surface area contributed by atoms with E-state index in [1.165, 1.54) is 21.9 Å². The zero-order chi connectivity index (χ0) is 12.4. The number of hydrogen-bond acceptors (Lipinski definition) is 1. The van der Waals surface area contributed by atoms with Gasteiger partial charge < -0.3 is 5.32 Å². The Labute approximate surface area is 107 Å². The Morgan fingerprint density at radius 3 is 2.22 bits per heavy atom. The Bertz CT molecular complexity index is 681. The van der Waals surface area contributed by atoms with Crippen LogP contribution in [0.1, 0.15) is 0 Å². The van der Waals surface area contributed by atoms with Gasteiger partial charge in [-0.2, -0.15) is 0 Å². The van der Waals surface area contributed by atoms with Crippen molar-refractivity contribution in [3.63, 3.8) is 0 Å². The van der Waals surface area contributed by atoms with Crippen molar-refractivity contribution in [3.05, 3.63) is 66.7 Å². The van der Waals surface area contributed by atoms with Crippen LogP contribution < -0.4 is 5.32 Å². The highest BCUT2D eigenvalue weighted by atomic mass is 14.8. The molecule has 0 heterocycles. The quantitative estimate of drug-likeness (QED) is 0.684. The van der Waals surface area contributed by atoms with Crippen LogP contribution in [0.5, 0.6) is 0 Å². The van der Waals surface area contributed by atoms with Gasteiger partial charge in [0.15, 0.2) is 0 Å². The van der Waals surface area contributed by atoms with E-state index in [-0.39, 0.29) is 0 Å². The molecule has 0 saturated carbocycles. The second-order valence-electron chi connectivity index (χ2n) is 4.32. The van der Waals surface area contributed by atoms with Gasteiger partial charge in [-0.25, -0.2) is 0 Å². The fraction of sp³-hybridized carbons (Fsp3) is 0.0588. The maximum absolute atomic E-state index is 3.26. The first kappa shape index (κ1) is 10.8. The number of rotatable bonds is 2. The second-order valence-corrected chi connectivity index (χ2v) is 4.32. The topological polar surface area (TPSA) is 12.0 Å². The van der Waals surface area contributed by atoms with Gasteiger partial charge in [-0.05, 0) is 22.4 Å². The van der Waals surface area contributed by atoms with E-state index in [4.69, 9.17) is 0 Å². The predicted molar refractivity (Wildman–Crippen MR) is 78.9 cm³/mol. The monoisotopic (exact) mass is 233 g/mol. The minimum Gasteiger partial charge on any atom is -0.388 e. The van der Waals surface area contributed by atoms with Crippen LogP contribution >= 0.6 is 0 Å². The standard InChI is InChI=1S/C17H15N/c1-18-17-12-5-4-10-16(17)15-11-6-8-13-7-2-3-9-14(13)15/h2-12,18H,1H3. The molecule has 0 radical (unpaired) electrons. The Morgan fingerprint density at radius 1 is 0.667 bits per heavy atom. The summed E-state index contributed by atoms with van der Waals surface area (Å²) in [5.74, 6) is 0. The molecule has 0 spiro atoms. The summed E-state index contributed by atoms with van der Waals surface area (Å²) < 4.78 is 0. The van der Waals surface area contributed by atoms with Crippen LogP contribution in [-0.4, -0.2) is 7.05 Å². The maximum atomic E-state index is 3.26. The second kappa shape index (κ2) is 4.53. The van der Waals surface area contributed by atoms with Crippen molar-refractivity contribution in [2.24, 2.45) is 0 Å². The first-order valence-corrected chi connectivity index (χ1v) is 6.15. The van der Waals surface area contributed by atoms with E-state index in [0.29, 0.717) is 0 Å². The molecule has 1 N–H and O–H groups in total. The number of anilines is 1. The molecule has 3 aromatic rings. The average molecular weight is 233 g/mol. The molecule has 0 atom stereocenters. The fourth-order valence-corrected chi connectivity index (χ4v) is 2.40. The van der Waals surface area contributed by atoms with Crippen molar-refractivity contribution in [1.29, 1.82) is 0 Å². The lowest BCUT2D eigenvalue weighted by Gasteiger charge is -2.11. The van der Waals surface area contributed by atoms with E-state index in [9.17, 15) is 0 Å². The van der Waals surface area contributed by atoms with Gasteiger partial charge in [0.2, 0.25) is 0 Å². The summed E-state index contributed by atoms with van der Waals surface area (Å²) in [6, 6.07) is 23.4. The van der Waals surface area contributed by atoms with Crippen molar-refractivity contribution in [1.82, 2.24) is 0 Å². The van der Waals surface area contributed by atoms with Crippen molar-refractivity contribution in [2.45, 2.75) is 0 Å². The van der Waals surface area contributed by atoms with Gasteiger partial charge in [0.1, 0.15) is 0 Å². The van der Waals surface area contributed by atoms with E-state index in [1.54, 1.807) is 0 Å². The van der Waals surface area contributed by atoms with Gasteiger partial charge in [-0.3, -0.25) is 0 Å². The highest BCUT2D eigenvalue weighted by Crippen LogP contribution is 2.33. The lowest BCUT2D eigenvalue weighted by molar-refractivity contribution is 1.51. The van der Waals surface area contributed by atoms with Gasteiger partial charge in [0.25, 0.3) is 0 Å². The first-order chi connectivity index (χ1) is 8.90. The molecule has 0 aliphatic heterocycles. The summed E-state index contributed by atoms with van der Waals surface area (Å²) in [5, 5.41) is 5.83. The maximum Gasteiger partial charge on any atom is 0.0417 e. The minimum absolute atomic E-state index is 1.16. The molecule has 88 valence electrons. The molecule has 0 unspecified atom stereocenters. The average Bonchev–Trinajstić information content (AvgIpc) is 2.46. The molecular weight excluding hydrogens is 218 g/mol. The molecular formula is C17H15N. The third kappa shape index (κ3) is 1.74. The van der Waals surface area contributed by atoms with Crippen LogP contribution in [-0.2, 0) is 0 Å². The highest BCUT2D eigenvalue weighted by Gasteiger charge is 2.06. The molecule has 1 nitrogen and oxygen atoms in total. The number of nitrogens with one attached hydrogen (secondary N) is 1. The summed E-state index contributed by atoms with van der Waals surface area (Å²) in [4.78, 5) is 0. The molecule has 0 aliphatic rings. The fourth-order valence-electron chi connectivity index (χ4n) is 2.40. The molecule has 0 aromatic heterocycles. The zero-order valence-electron chi connectivity index (χ0n) is 10.4. The van der Waals surface area contributed by atoms with Crippen molar-refractivity contribution in [3.8, 4) is 11.1 Å². The van der Waals surface area contributed by atoms with E-state index < -0.39 is 0 Å². The number of para-hydroxylation sites is 1. The molecule has 0 bridgehead atoms. The van der Waals surface area contributed by atoms with E-state index >= 15 is 0 Å². The molecule has 0 saturated heterocycles. The third-order valence-electron chi connectivity index (χ3n) is 3.28. The summed E-state index contributed by atoms with van der Waals surface area (Å²) >= 11 is 0. The Balaban J connectivity index is 2.32. The minimum atomic E-state index is 1.16. The zero-order valence-corrected chi connectivity index (χ0v) is 10.4. The predicted octanol–water partition coefficient (Wildman–Crippen LogP) is 4.55.